The van der Waals surface area contributed by atoms with E-state index in [-0.39, 0.29) is 11.4 Å². The lowest BCUT2D eigenvalue weighted by Gasteiger charge is -2.05. The molecule has 0 bridgehead atoms. The Morgan fingerprint density at radius 2 is 2.05 bits per heavy atom. The second-order valence-electron chi connectivity index (χ2n) is 3.97. The van der Waals surface area contributed by atoms with E-state index < -0.39 is 16.8 Å². The average Bonchev–Trinajstić information content (AvgIpc) is 2.95. The zero-order valence-corrected chi connectivity index (χ0v) is 10.2. The molecule has 0 aliphatic carbocycles. The fraction of sp³-hybridized carbons (Fsp3) is 0. The Bertz CT molecular complexity index is 874. The number of nitro groups is 1. The fourth-order valence-electron chi connectivity index (χ4n) is 1.86. The molecule has 3 rings (SSSR count). The summed E-state index contributed by atoms with van der Waals surface area (Å²) in [5.74, 6) is -1.95. The Kier molecular flexibility index (Phi) is 2.76. The van der Waals surface area contributed by atoms with E-state index in [4.69, 9.17) is 0 Å². The van der Waals surface area contributed by atoms with E-state index in [1.54, 1.807) is 24.3 Å². The highest BCUT2D eigenvalue weighted by atomic mass is 16.6. The van der Waals surface area contributed by atoms with Gasteiger partial charge in [-0.15, -0.1) is 14.9 Å². The van der Waals surface area contributed by atoms with E-state index in [0.717, 1.165) is 11.0 Å². The molecule has 3 aromatic rings. The molecule has 2 aromatic heterocycles. The Balaban J connectivity index is 2.34. The molecule has 0 spiro atoms. The number of aromatic nitrogens is 5. The molecule has 1 aromatic carbocycles. The lowest BCUT2D eigenvalue weighted by Crippen LogP contribution is -2.11. The standard InChI is InChI=1S/C11H6N6O4/c18-10(19)8-9(16-5-12-11(15-16)17(20)21)6-3-1-2-4-7(6)13-14-8/h1-5H,(H,18,19). The van der Waals surface area contributed by atoms with E-state index in [1.807, 2.05) is 0 Å². The van der Waals surface area contributed by atoms with Crippen LogP contribution in [0.15, 0.2) is 30.6 Å². The Labute approximate surface area is 115 Å². The van der Waals surface area contributed by atoms with Crippen LogP contribution < -0.4 is 0 Å². The monoisotopic (exact) mass is 286 g/mol. The maximum atomic E-state index is 11.3. The predicted octanol–water partition coefficient (Wildman–Crippen LogP) is 0.817. The van der Waals surface area contributed by atoms with E-state index in [2.05, 4.69) is 20.3 Å². The molecule has 1 N–H and O–H groups in total. The van der Waals surface area contributed by atoms with E-state index in [0.29, 0.717) is 10.9 Å². The first-order valence-electron chi connectivity index (χ1n) is 5.63. The summed E-state index contributed by atoms with van der Waals surface area (Å²) in [6.45, 7) is 0. The first-order chi connectivity index (χ1) is 10.1. The molecular weight excluding hydrogens is 280 g/mol. The number of nitrogens with zero attached hydrogens (tertiary/aromatic N) is 6. The van der Waals surface area contributed by atoms with Crippen molar-refractivity contribution < 1.29 is 14.8 Å². The summed E-state index contributed by atoms with van der Waals surface area (Å²) < 4.78 is 1.01. The van der Waals surface area contributed by atoms with Gasteiger partial charge in [-0.2, -0.15) is 0 Å². The quantitative estimate of drug-likeness (QED) is 0.551. The molecule has 10 heteroatoms. The van der Waals surface area contributed by atoms with Crippen molar-refractivity contribution in [1.82, 2.24) is 25.0 Å². The summed E-state index contributed by atoms with van der Waals surface area (Å²) >= 11 is 0. The van der Waals surface area contributed by atoms with E-state index in [1.165, 1.54) is 0 Å². The number of aromatic carboxylic acids is 1. The zero-order chi connectivity index (χ0) is 15.0. The van der Waals surface area contributed by atoms with Crippen LogP contribution in [0.4, 0.5) is 5.95 Å². The highest BCUT2D eigenvalue weighted by Crippen LogP contribution is 2.22. The van der Waals surface area contributed by atoms with Gasteiger partial charge in [-0.3, -0.25) is 0 Å². The van der Waals surface area contributed by atoms with Gasteiger partial charge in [-0.1, -0.05) is 23.2 Å². The minimum atomic E-state index is -1.32. The van der Waals surface area contributed by atoms with Gasteiger partial charge in [0.1, 0.15) is 5.69 Å². The van der Waals surface area contributed by atoms with Gasteiger partial charge in [-0.05, 0) is 11.0 Å². The SMILES string of the molecule is O=C(O)c1nnc2ccccc2c1-n1cnc([N+](=O)[O-])n1. The van der Waals surface area contributed by atoms with Gasteiger partial charge >= 0.3 is 11.9 Å². The normalized spacial score (nSPS) is 10.7. The smallest absolute Gasteiger partial charge is 0.476 e. The summed E-state index contributed by atoms with van der Waals surface area (Å²) in [5.41, 5.74) is 0.151. The van der Waals surface area contributed by atoms with E-state index in [9.17, 15) is 20.0 Å². The van der Waals surface area contributed by atoms with Crippen molar-refractivity contribution in [2.45, 2.75) is 0 Å². The summed E-state index contributed by atoms with van der Waals surface area (Å²) in [7, 11) is 0. The molecule has 0 aliphatic heterocycles. The molecule has 10 nitrogen and oxygen atoms in total. The third-order valence-corrected chi connectivity index (χ3v) is 2.72. The van der Waals surface area contributed by atoms with Crippen LogP contribution in [0, 0.1) is 10.1 Å². The first-order valence-corrected chi connectivity index (χ1v) is 5.63. The summed E-state index contributed by atoms with van der Waals surface area (Å²) in [6, 6.07) is 6.66. The van der Waals surface area contributed by atoms with Gasteiger partial charge in [0.15, 0.2) is 5.69 Å². The minimum Gasteiger partial charge on any atom is -0.476 e. The molecule has 21 heavy (non-hydrogen) atoms. The van der Waals surface area contributed by atoms with Crippen molar-refractivity contribution >= 4 is 22.8 Å². The molecule has 0 atom stereocenters. The third kappa shape index (κ3) is 2.04. The van der Waals surface area contributed by atoms with Gasteiger partial charge in [0.25, 0.3) is 0 Å². The van der Waals surface area contributed by atoms with Crippen LogP contribution in [-0.2, 0) is 0 Å². The molecule has 104 valence electrons. The van der Waals surface area contributed by atoms with Crippen molar-refractivity contribution in [2.75, 3.05) is 0 Å². The van der Waals surface area contributed by atoms with Gasteiger partial charge in [0.2, 0.25) is 6.33 Å². The second-order valence-corrected chi connectivity index (χ2v) is 3.97. The largest absolute Gasteiger partial charge is 0.491 e. The summed E-state index contributed by atoms with van der Waals surface area (Å²) in [6.07, 6.45) is 1.06. The number of carboxylic acids is 1. The number of hydrogen-bond donors (Lipinski definition) is 1. The second kappa shape index (κ2) is 4.59. The maximum absolute atomic E-state index is 11.3. The molecule has 0 radical (unpaired) electrons. The number of carbonyl (C=O) groups is 1. The lowest BCUT2D eigenvalue weighted by molar-refractivity contribution is -0.394. The summed E-state index contributed by atoms with van der Waals surface area (Å²) in [5, 5.41) is 31.4. The molecular formula is C11H6N6O4. The molecule has 0 saturated heterocycles. The van der Waals surface area contributed by atoms with Crippen LogP contribution in [0.1, 0.15) is 10.5 Å². The number of benzene rings is 1. The number of carboxylic acid groups (broad SMARTS) is 1. The minimum absolute atomic E-state index is 0.0775. The van der Waals surface area contributed by atoms with Crippen LogP contribution in [0.2, 0.25) is 0 Å². The van der Waals surface area contributed by atoms with E-state index >= 15 is 0 Å². The average molecular weight is 286 g/mol. The van der Waals surface area contributed by atoms with Gasteiger partial charge < -0.3 is 15.2 Å². The molecule has 2 heterocycles. The number of rotatable bonds is 3. The molecule has 0 aliphatic rings. The van der Waals surface area contributed by atoms with Crippen molar-refractivity contribution in [1.29, 1.82) is 0 Å². The zero-order valence-electron chi connectivity index (χ0n) is 10.2. The highest BCUT2D eigenvalue weighted by molar-refractivity contribution is 5.98. The van der Waals surface area contributed by atoms with Crippen molar-refractivity contribution in [3.8, 4) is 5.69 Å². The van der Waals surface area contributed by atoms with Crippen LogP contribution in [-0.4, -0.2) is 41.0 Å². The van der Waals surface area contributed by atoms with Crippen molar-refractivity contribution in [3.63, 3.8) is 0 Å². The Hall–Kier alpha value is -3.43. The van der Waals surface area contributed by atoms with Crippen LogP contribution in [0.25, 0.3) is 16.6 Å². The van der Waals surface area contributed by atoms with Gasteiger partial charge in [0, 0.05) is 10.5 Å². The molecule has 0 fully saturated rings. The highest BCUT2D eigenvalue weighted by Gasteiger charge is 2.23. The maximum Gasteiger partial charge on any atom is 0.491 e. The Morgan fingerprint density at radius 1 is 1.29 bits per heavy atom. The van der Waals surface area contributed by atoms with Crippen molar-refractivity contribution in [2.24, 2.45) is 0 Å². The molecule has 0 saturated carbocycles. The van der Waals surface area contributed by atoms with Gasteiger partial charge in [-0.25, -0.2) is 4.79 Å². The number of fused-ring (bicyclic) bond motifs is 1. The predicted molar refractivity (Wildman–Crippen MR) is 68.1 cm³/mol. The molecule has 0 amide bonds. The molecule has 0 unspecified atom stereocenters. The fourth-order valence-corrected chi connectivity index (χ4v) is 1.86. The van der Waals surface area contributed by atoms with Crippen LogP contribution >= 0.6 is 0 Å². The van der Waals surface area contributed by atoms with Gasteiger partial charge in [0.05, 0.1) is 5.52 Å². The number of hydrogen-bond acceptors (Lipinski definition) is 7. The van der Waals surface area contributed by atoms with Crippen molar-refractivity contribution in [3.05, 3.63) is 46.4 Å². The van der Waals surface area contributed by atoms with Crippen LogP contribution in [0.5, 0.6) is 0 Å². The topological polar surface area (TPSA) is 137 Å². The Morgan fingerprint density at radius 3 is 2.71 bits per heavy atom. The lowest BCUT2D eigenvalue weighted by atomic mass is 10.1. The third-order valence-electron chi connectivity index (χ3n) is 2.72. The summed E-state index contributed by atoms with van der Waals surface area (Å²) in [4.78, 5) is 24.7. The first kappa shape index (κ1) is 12.6. The van der Waals surface area contributed by atoms with Crippen LogP contribution in [0.3, 0.4) is 0 Å².